The molecule has 148 valence electrons. The van der Waals surface area contributed by atoms with Crippen LogP contribution in [0.4, 0.5) is 0 Å². The minimum atomic E-state index is 0.0846. The van der Waals surface area contributed by atoms with Crippen LogP contribution < -0.4 is 0 Å². The summed E-state index contributed by atoms with van der Waals surface area (Å²) in [5, 5.41) is 4.77. The number of hydrogen-bond acceptors (Lipinski definition) is 4. The van der Waals surface area contributed by atoms with Gasteiger partial charge in [0, 0.05) is 56.4 Å². The first kappa shape index (κ1) is 18.1. The van der Waals surface area contributed by atoms with Crippen molar-refractivity contribution in [2.24, 2.45) is 0 Å². The quantitative estimate of drug-likeness (QED) is 0.691. The van der Waals surface area contributed by atoms with Gasteiger partial charge in [-0.1, -0.05) is 18.2 Å². The fraction of sp³-hybridized carbons (Fsp3) is 0.348. The highest BCUT2D eigenvalue weighted by molar-refractivity contribution is 5.94. The molecule has 6 heteroatoms. The number of piperazine rings is 1. The summed E-state index contributed by atoms with van der Waals surface area (Å²) < 4.78 is 1.98. The van der Waals surface area contributed by atoms with Gasteiger partial charge in [0.25, 0.3) is 5.91 Å². The van der Waals surface area contributed by atoms with Gasteiger partial charge in [0.05, 0.1) is 5.69 Å². The number of rotatable bonds is 4. The molecule has 29 heavy (non-hydrogen) atoms. The minimum Gasteiger partial charge on any atom is -0.335 e. The fourth-order valence-electron chi connectivity index (χ4n) is 4.40. The van der Waals surface area contributed by atoms with E-state index in [0.29, 0.717) is 5.69 Å². The number of pyridine rings is 1. The third kappa shape index (κ3) is 3.56. The Balaban J connectivity index is 1.31. The monoisotopic (exact) mass is 387 g/mol. The standard InChI is InChI=1S/C23H25N5O/c29-23(27-15-13-26(14-16-27)17-18-9-11-24-12-10-18)22-20-7-4-8-21(20)28(25-22)19-5-2-1-3-6-19/h1-3,5-6,9-12H,4,7-8,13-17H2. The van der Waals surface area contributed by atoms with Crippen molar-refractivity contribution < 1.29 is 4.79 Å². The van der Waals surface area contributed by atoms with Gasteiger partial charge in [-0.05, 0) is 49.1 Å². The Morgan fingerprint density at radius 3 is 2.45 bits per heavy atom. The zero-order chi connectivity index (χ0) is 19.6. The summed E-state index contributed by atoms with van der Waals surface area (Å²) in [6.45, 7) is 4.17. The fourth-order valence-corrected chi connectivity index (χ4v) is 4.40. The van der Waals surface area contributed by atoms with E-state index in [-0.39, 0.29) is 5.91 Å². The number of amides is 1. The van der Waals surface area contributed by atoms with E-state index in [1.807, 2.05) is 40.2 Å². The Morgan fingerprint density at radius 2 is 1.69 bits per heavy atom. The summed E-state index contributed by atoms with van der Waals surface area (Å²) in [6, 6.07) is 14.2. The summed E-state index contributed by atoms with van der Waals surface area (Å²) in [6.07, 6.45) is 6.70. The van der Waals surface area contributed by atoms with Crippen LogP contribution in [-0.4, -0.2) is 56.7 Å². The van der Waals surface area contributed by atoms with E-state index in [2.05, 4.69) is 34.1 Å². The Morgan fingerprint density at radius 1 is 0.931 bits per heavy atom. The van der Waals surface area contributed by atoms with E-state index >= 15 is 0 Å². The third-order valence-electron chi connectivity index (χ3n) is 5.95. The van der Waals surface area contributed by atoms with Crippen LogP contribution in [0.15, 0.2) is 54.9 Å². The summed E-state index contributed by atoms with van der Waals surface area (Å²) in [7, 11) is 0. The van der Waals surface area contributed by atoms with Gasteiger partial charge in [-0.25, -0.2) is 4.68 Å². The molecule has 0 saturated carbocycles. The highest BCUT2D eigenvalue weighted by Crippen LogP contribution is 2.28. The van der Waals surface area contributed by atoms with Crippen molar-refractivity contribution in [2.75, 3.05) is 26.2 Å². The predicted octanol–water partition coefficient (Wildman–Crippen LogP) is 2.71. The van der Waals surface area contributed by atoms with Gasteiger partial charge in [-0.15, -0.1) is 0 Å². The lowest BCUT2D eigenvalue weighted by molar-refractivity contribution is 0.0621. The van der Waals surface area contributed by atoms with Crippen molar-refractivity contribution >= 4 is 5.91 Å². The van der Waals surface area contributed by atoms with E-state index in [1.165, 1.54) is 11.3 Å². The number of carbonyl (C=O) groups is 1. The number of benzene rings is 1. The van der Waals surface area contributed by atoms with Crippen molar-refractivity contribution in [1.29, 1.82) is 0 Å². The highest BCUT2D eigenvalue weighted by atomic mass is 16.2. The Hall–Kier alpha value is -2.99. The number of hydrogen-bond donors (Lipinski definition) is 0. The average molecular weight is 387 g/mol. The van der Waals surface area contributed by atoms with Crippen molar-refractivity contribution in [3.8, 4) is 5.69 Å². The summed E-state index contributed by atoms with van der Waals surface area (Å²) >= 11 is 0. The molecule has 6 nitrogen and oxygen atoms in total. The zero-order valence-electron chi connectivity index (χ0n) is 16.5. The molecule has 1 aliphatic heterocycles. The maximum Gasteiger partial charge on any atom is 0.274 e. The van der Waals surface area contributed by atoms with Crippen LogP contribution in [-0.2, 0) is 19.4 Å². The largest absolute Gasteiger partial charge is 0.335 e. The van der Waals surface area contributed by atoms with Gasteiger partial charge in [-0.2, -0.15) is 5.10 Å². The minimum absolute atomic E-state index is 0.0846. The van der Waals surface area contributed by atoms with Gasteiger partial charge in [0.15, 0.2) is 5.69 Å². The first-order valence-electron chi connectivity index (χ1n) is 10.4. The lowest BCUT2D eigenvalue weighted by atomic mass is 10.1. The van der Waals surface area contributed by atoms with Crippen LogP contribution in [0.3, 0.4) is 0 Å². The first-order chi connectivity index (χ1) is 14.3. The molecule has 0 spiro atoms. The van der Waals surface area contributed by atoms with Crippen molar-refractivity contribution in [3.05, 3.63) is 77.4 Å². The number of nitrogens with zero attached hydrogens (tertiary/aromatic N) is 5. The van der Waals surface area contributed by atoms with Crippen molar-refractivity contribution in [3.63, 3.8) is 0 Å². The van der Waals surface area contributed by atoms with Gasteiger partial charge < -0.3 is 4.90 Å². The molecule has 1 amide bonds. The van der Waals surface area contributed by atoms with Crippen LogP contribution in [0.1, 0.15) is 33.7 Å². The molecule has 3 heterocycles. The molecule has 5 rings (SSSR count). The summed E-state index contributed by atoms with van der Waals surface area (Å²) in [5.41, 5.74) is 5.31. The van der Waals surface area contributed by atoms with Gasteiger partial charge >= 0.3 is 0 Å². The lowest BCUT2D eigenvalue weighted by Gasteiger charge is -2.34. The maximum atomic E-state index is 13.3. The number of fused-ring (bicyclic) bond motifs is 1. The first-order valence-corrected chi connectivity index (χ1v) is 10.4. The molecule has 1 saturated heterocycles. The Bertz CT molecular complexity index is 991. The van der Waals surface area contributed by atoms with Gasteiger partial charge in [0.2, 0.25) is 0 Å². The van der Waals surface area contributed by atoms with Crippen LogP contribution in [0, 0.1) is 0 Å². The molecule has 0 unspecified atom stereocenters. The molecule has 3 aromatic rings. The van der Waals surface area contributed by atoms with Crippen molar-refractivity contribution in [1.82, 2.24) is 24.6 Å². The molecular formula is C23H25N5O. The maximum absolute atomic E-state index is 13.3. The SMILES string of the molecule is O=C(c1nn(-c2ccccc2)c2c1CCC2)N1CCN(Cc2ccncc2)CC1. The van der Waals surface area contributed by atoms with Crippen LogP contribution in [0.5, 0.6) is 0 Å². The van der Waals surface area contributed by atoms with E-state index in [9.17, 15) is 4.79 Å². The molecule has 2 aromatic heterocycles. The van der Waals surface area contributed by atoms with E-state index in [4.69, 9.17) is 5.10 Å². The summed E-state index contributed by atoms with van der Waals surface area (Å²) in [4.78, 5) is 21.7. The smallest absolute Gasteiger partial charge is 0.274 e. The third-order valence-corrected chi connectivity index (χ3v) is 5.95. The Labute approximate surface area is 170 Å². The molecule has 1 aromatic carbocycles. The van der Waals surface area contributed by atoms with Gasteiger partial charge in [0.1, 0.15) is 0 Å². The zero-order valence-corrected chi connectivity index (χ0v) is 16.5. The van der Waals surface area contributed by atoms with E-state index < -0.39 is 0 Å². The average Bonchev–Trinajstić information content (AvgIpc) is 3.38. The van der Waals surface area contributed by atoms with E-state index in [1.54, 1.807) is 0 Å². The second-order valence-corrected chi connectivity index (χ2v) is 7.80. The molecule has 1 fully saturated rings. The van der Waals surface area contributed by atoms with E-state index in [0.717, 1.165) is 63.2 Å². The molecule has 0 radical (unpaired) electrons. The van der Waals surface area contributed by atoms with Crippen LogP contribution >= 0.6 is 0 Å². The number of aromatic nitrogens is 3. The molecule has 1 aliphatic carbocycles. The van der Waals surface area contributed by atoms with Crippen LogP contribution in [0.2, 0.25) is 0 Å². The molecule has 0 bridgehead atoms. The number of para-hydroxylation sites is 1. The normalized spacial score (nSPS) is 16.8. The molecule has 0 atom stereocenters. The summed E-state index contributed by atoms with van der Waals surface area (Å²) in [5.74, 6) is 0.0846. The second-order valence-electron chi connectivity index (χ2n) is 7.80. The topological polar surface area (TPSA) is 54.3 Å². The van der Waals surface area contributed by atoms with Crippen LogP contribution in [0.25, 0.3) is 5.69 Å². The molecule has 0 N–H and O–H groups in total. The second kappa shape index (κ2) is 7.79. The van der Waals surface area contributed by atoms with Crippen molar-refractivity contribution in [2.45, 2.75) is 25.8 Å². The lowest BCUT2D eigenvalue weighted by Crippen LogP contribution is -2.48. The highest BCUT2D eigenvalue weighted by Gasteiger charge is 2.31. The number of carbonyl (C=O) groups excluding carboxylic acids is 1. The molecular weight excluding hydrogens is 362 g/mol. The predicted molar refractivity (Wildman–Crippen MR) is 111 cm³/mol. The Kier molecular flexibility index (Phi) is 4.86. The van der Waals surface area contributed by atoms with Gasteiger partial charge in [-0.3, -0.25) is 14.7 Å². The molecule has 2 aliphatic rings.